The highest BCUT2D eigenvalue weighted by molar-refractivity contribution is 7.89. The van der Waals surface area contributed by atoms with Gasteiger partial charge in [-0.25, -0.2) is 12.8 Å². The third kappa shape index (κ3) is 5.59. The van der Waals surface area contributed by atoms with Crippen LogP contribution in [-0.2, 0) is 22.7 Å². The number of nitrogens with zero attached hydrogens (tertiary/aromatic N) is 4. The Hall–Kier alpha value is -2.08. The number of benzene rings is 1. The Morgan fingerprint density at radius 3 is 2.26 bits per heavy atom. The molecule has 1 aromatic carbocycles. The molecule has 2 fully saturated rings. The van der Waals surface area contributed by atoms with E-state index >= 15 is 0 Å². The first-order valence-corrected chi connectivity index (χ1v) is 12.7. The van der Waals surface area contributed by atoms with Gasteiger partial charge < -0.3 is 0 Å². The molecule has 4 rings (SSSR count). The van der Waals surface area contributed by atoms with Crippen LogP contribution in [-0.4, -0.2) is 72.8 Å². The molecule has 0 aliphatic carbocycles. The lowest BCUT2D eigenvalue weighted by Crippen LogP contribution is -2.54. The van der Waals surface area contributed by atoms with Crippen LogP contribution >= 0.6 is 0 Å². The second kappa shape index (κ2) is 9.88. The van der Waals surface area contributed by atoms with E-state index in [1.165, 1.54) is 28.7 Å². The molecule has 2 saturated heterocycles. The van der Waals surface area contributed by atoms with Crippen LogP contribution in [0.25, 0.3) is 0 Å². The van der Waals surface area contributed by atoms with Gasteiger partial charge in [0, 0.05) is 45.0 Å². The van der Waals surface area contributed by atoms with Gasteiger partial charge in [0.25, 0.3) is 0 Å². The van der Waals surface area contributed by atoms with Crippen LogP contribution in [0.15, 0.2) is 41.4 Å². The number of hydrogen-bond donors (Lipinski definition) is 0. The normalized spacial score (nSPS) is 20.0. The minimum absolute atomic E-state index is 0.0204. The molecule has 0 bridgehead atoms. The Labute approximate surface area is 197 Å². The van der Waals surface area contributed by atoms with Gasteiger partial charge in [0.2, 0.25) is 10.0 Å². The number of halogens is 4. The summed E-state index contributed by atoms with van der Waals surface area (Å²) >= 11 is 0. The zero-order valence-corrected chi connectivity index (χ0v) is 19.7. The van der Waals surface area contributed by atoms with E-state index in [0.717, 1.165) is 43.6 Å². The minimum atomic E-state index is -4.43. The Bertz CT molecular complexity index is 1090. The Morgan fingerprint density at radius 1 is 1.00 bits per heavy atom. The molecule has 0 radical (unpaired) electrons. The number of pyridine rings is 1. The SMILES string of the molecule is Cc1ccc(F)cc1S(=O)(=O)N1CCN(C2CCN(Cc3ccc(C(F)(F)F)nc3)CC2)CC1. The number of alkyl halides is 3. The highest BCUT2D eigenvalue weighted by Crippen LogP contribution is 2.28. The predicted octanol–water partition coefficient (Wildman–Crippen LogP) is 3.52. The highest BCUT2D eigenvalue weighted by Gasteiger charge is 2.34. The molecule has 0 unspecified atom stereocenters. The molecular formula is C23H28F4N4O2S. The molecule has 3 heterocycles. The molecule has 0 atom stereocenters. The first kappa shape index (κ1) is 25.0. The van der Waals surface area contributed by atoms with Crippen molar-refractivity contribution in [2.75, 3.05) is 39.3 Å². The van der Waals surface area contributed by atoms with E-state index in [1.807, 2.05) is 0 Å². The van der Waals surface area contributed by atoms with Crippen molar-refractivity contribution in [1.29, 1.82) is 0 Å². The van der Waals surface area contributed by atoms with Crippen LogP contribution in [0.4, 0.5) is 17.6 Å². The number of aryl methyl sites for hydroxylation is 1. The molecule has 0 amide bonds. The molecule has 6 nitrogen and oxygen atoms in total. The van der Waals surface area contributed by atoms with E-state index in [1.54, 1.807) is 6.92 Å². The summed E-state index contributed by atoms with van der Waals surface area (Å²) in [6.07, 6.45) is -1.33. The second-order valence-electron chi connectivity index (χ2n) is 8.91. The minimum Gasteiger partial charge on any atom is -0.299 e. The maximum Gasteiger partial charge on any atom is 0.433 e. The van der Waals surface area contributed by atoms with Crippen LogP contribution in [0.5, 0.6) is 0 Å². The van der Waals surface area contributed by atoms with Crippen molar-refractivity contribution >= 4 is 10.0 Å². The summed E-state index contributed by atoms with van der Waals surface area (Å²) in [6, 6.07) is 6.64. The summed E-state index contributed by atoms with van der Waals surface area (Å²) in [4.78, 5) is 8.06. The molecule has 1 aromatic heterocycles. The van der Waals surface area contributed by atoms with Gasteiger partial charge in [-0.2, -0.15) is 17.5 Å². The molecule has 2 aliphatic heterocycles. The summed E-state index contributed by atoms with van der Waals surface area (Å²) in [5, 5.41) is 0. The fraction of sp³-hybridized carbons (Fsp3) is 0.522. The third-order valence-corrected chi connectivity index (χ3v) is 8.68. The van der Waals surface area contributed by atoms with E-state index in [0.29, 0.717) is 44.3 Å². The number of hydrogen-bond acceptors (Lipinski definition) is 5. The molecule has 2 aliphatic rings. The van der Waals surface area contributed by atoms with Gasteiger partial charge in [-0.15, -0.1) is 0 Å². The summed E-state index contributed by atoms with van der Waals surface area (Å²) in [7, 11) is -3.74. The number of aromatic nitrogens is 1. The first-order chi connectivity index (χ1) is 16.0. The van der Waals surface area contributed by atoms with Crippen molar-refractivity contribution in [2.45, 2.75) is 43.4 Å². The van der Waals surface area contributed by atoms with Crippen molar-refractivity contribution in [2.24, 2.45) is 0 Å². The molecule has 0 spiro atoms. The van der Waals surface area contributed by atoms with Crippen molar-refractivity contribution < 1.29 is 26.0 Å². The summed E-state index contributed by atoms with van der Waals surface area (Å²) in [6.45, 7) is 5.78. The Morgan fingerprint density at radius 2 is 1.68 bits per heavy atom. The fourth-order valence-corrected chi connectivity index (χ4v) is 6.35. The molecular weight excluding hydrogens is 472 g/mol. The van der Waals surface area contributed by atoms with Gasteiger partial charge in [0.05, 0.1) is 4.90 Å². The van der Waals surface area contributed by atoms with Crippen molar-refractivity contribution in [3.8, 4) is 0 Å². The zero-order valence-electron chi connectivity index (χ0n) is 18.9. The molecule has 0 N–H and O–H groups in total. The average molecular weight is 501 g/mol. The summed E-state index contributed by atoms with van der Waals surface area (Å²) < 4.78 is 79.1. The summed E-state index contributed by atoms with van der Waals surface area (Å²) in [5.41, 5.74) is 0.390. The van der Waals surface area contributed by atoms with Gasteiger partial charge in [0.1, 0.15) is 11.5 Å². The molecule has 0 saturated carbocycles. The van der Waals surface area contributed by atoms with E-state index in [9.17, 15) is 26.0 Å². The molecule has 2 aromatic rings. The maximum atomic E-state index is 13.6. The standard InChI is InChI=1S/C23H28F4N4O2S/c1-17-2-4-19(24)14-21(17)34(32,33)31-12-10-30(11-13-31)20-6-8-29(9-7-20)16-18-3-5-22(28-15-18)23(25,26)27/h2-5,14-15,20H,6-13,16H2,1H3. The van der Waals surface area contributed by atoms with E-state index < -0.39 is 27.7 Å². The number of piperazine rings is 1. The molecule has 186 valence electrons. The second-order valence-corrected chi connectivity index (χ2v) is 10.8. The molecule has 34 heavy (non-hydrogen) atoms. The third-order valence-electron chi connectivity index (χ3n) is 6.64. The van der Waals surface area contributed by atoms with Gasteiger partial charge in [-0.3, -0.25) is 14.8 Å². The number of sulfonamides is 1. The zero-order chi connectivity index (χ0) is 24.5. The lowest BCUT2D eigenvalue weighted by atomic mass is 10.0. The summed E-state index contributed by atoms with van der Waals surface area (Å²) in [5.74, 6) is -0.568. The number of piperidine rings is 1. The smallest absolute Gasteiger partial charge is 0.299 e. The quantitative estimate of drug-likeness (QED) is 0.588. The number of likely N-dealkylation sites (tertiary alicyclic amines) is 1. The lowest BCUT2D eigenvalue weighted by Gasteiger charge is -2.42. The van der Waals surface area contributed by atoms with Crippen molar-refractivity contribution in [3.63, 3.8) is 0 Å². The monoisotopic (exact) mass is 500 g/mol. The van der Waals surface area contributed by atoms with Crippen LogP contribution in [0, 0.1) is 12.7 Å². The van der Waals surface area contributed by atoms with Gasteiger partial charge in [0.15, 0.2) is 0 Å². The van der Waals surface area contributed by atoms with E-state index in [-0.39, 0.29) is 4.90 Å². The van der Waals surface area contributed by atoms with Gasteiger partial charge in [-0.05, 0) is 62.2 Å². The van der Waals surface area contributed by atoms with E-state index in [4.69, 9.17) is 0 Å². The van der Waals surface area contributed by atoms with Crippen LogP contribution in [0.1, 0.15) is 29.7 Å². The van der Waals surface area contributed by atoms with Gasteiger partial charge >= 0.3 is 6.18 Å². The predicted molar refractivity (Wildman–Crippen MR) is 119 cm³/mol. The number of rotatable bonds is 5. The average Bonchev–Trinajstić information content (AvgIpc) is 2.81. The van der Waals surface area contributed by atoms with Crippen LogP contribution in [0.3, 0.4) is 0 Å². The fourth-order valence-electron chi connectivity index (χ4n) is 4.69. The first-order valence-electron chi connectivity index (χ1n) is 11.3. The Kier molecular flexibility index (Phi) is 7.28. The lowest BCUT2D eigenvalue weighted by molar-refractivity contribution is -0.141. The Balaban J connectivity index is 1.27. The van der Waals surface area contributed by atoms with Crippen LogP contribution < -0.4 is 0 Å². The topological polar surface area (TPSA) is 56.8 Å². The molecule has 11 heteroatoms. The van der Waals surface area contributed by atoms with Crippen LogP contribution in [0.2, 0.25) is 0 Å². The van der Waals surface area contributed by atoms with Crippen molar-refractivity contribution in [3.05, 3.63) is 59.2 Å². The largest absolute Gasteiger partial charge is 0.433 e. The van der Waals surface area contributed by atoms with E-state index in [2.05, 4.69) is 14.8 Å². The highest BCUT2D eigenvalue weighted by atomic mass is 32.2. The maximum absolute atomic E-state index is 13.6. The van der Waals surface area contributed by atoms with Gasteiger partial charge in [-0.1, -0.05) is 12.1 Å². The van der Waals surface area contributed by atoms with Crippen molar-refractivity contribution in [1.82, 2.24) is 19.1 Å².